The normalized spacial score (nSPS) is 11.7. The zero-order valence-corrected chi connectivity index (χ0v) is 23.8. The van der Waals surface area contributed by atoms with E-state index < -0.39 is 11.9 Å². The molecular weight excluding hydrogens is 533 g/mol. The van der Waals surface area contributed by atoms with Crippen LogP contribution >= 0.6 is 11.8 Å². The molecule has 8 nitrogen and oxygen atoms in total. The molecule has 1 aromatic heterocycles. The minimum Gasteiger partial charge on any atom is -0.493 e. The smallest absolute Gasteiger partial charge is 0.433 e. The molecule has 0 saturated heterocycles. The van der Waals surface area contributed by atoms with Gasteiger partial charge in [-0.15, -0.1) is 0 Å². The lowest BCUT2D eigenvalue weighted by Crippen LogP contribution is -2.13. The molecule has 0 radical (unpaired) electrons. The lowest BCUT2D eigenvalue weighted by Gasteiger charge is -2.18. The van der Waals surface area contributed by atoms with E-state index in [0.29, 0.717) is 48.5 Å². The van der Waals surface area contributed by atoms with E-state index in [0.717, 1.165) is 29.7 Å². The van der Waals surface area contributed by atoms with Gasteiger partial charge in [-0.2, -0.15) is 13.2 Å². The van der Waals surface area contributed by atoms with Crippen LogP contribution in [0.25, 0.3) is 5.57 Å². The summed E-state index contributed by atoms with van der Waals surface area (Å²) >= 11 is 1.03. The Morgan fingerprint density at radius 2 is 1.69 bits per heavy atom. The van der Waals surface area contributed by atoms with Gasteiger partial charge in [0.25, 0.3) is 0 Å². The first-order valence-corrected chi connectivity index (χ1v) is 12.8. The Hall–Kier alpha value is -3.38. The third-order valence-electron chi connectivity index (χ3n) is 4.58. The van der Waals surface area contributed by atoms with Crippen molar-refractivity contribution in [2.24, 2.45) is 0 Å². The number of nitrogens with zero attached hydrogens (tertiary/aromatic N) is 4. The zero-order valence-electron chi connectivity index (χ0n) is 23.0. The van der Waals surface area contributed by atoms with E-state index in [-0.39, 0.29) is 10.9 Å². The fourth-order valence-electron chi connectivity index (χ4n) is 3.00. The Kier molecular flexibility index (Phi) is 14.9. The number of allylic oxidation sites excluding steroid dienone is 3. The molecule has 0 amide bonds. The van der Waals surface area contributed by atoms with Gasteiger partial charge in [0.05, 0.1) is 19.9 Å². The standard InChI is InChI=1S/C24H26F3N3O4S.C3H9N/c1-30(15-17-8-9-20(33-2)21(13-17)34-3)16-18(7-6-11-32)19-14-22(24(25,26)27)29-23(28-19)35-12-5-4-10-31;1-4(2)3/h6-11,13-14,16H,4-5,12,15H2,1-3H3;1-3H3/b7-6-,18-16+;. The lowest BCUT2D eigenvalue weighted by atomic mass is 10.1. The quantitative estimate of drug-likeness (QED) is 0.0829. The zero-order chi connectivity index (χ0) is 29.4. The summed E-state index contributed by atoms with van der Waals surface area (Å²) in [4.78, 5) is 33.1. The number of rotatable bonds is 13. The van der Waals surface area contributed by atoms with Gasteiger partial charge in [-0.25, -0.2) is 9.97 Å². The molecule has 0 aliphatic rings. The summed E-state index contributed by atoms with van der Waals surface area (Å²) in [6, 6.07) is 6.24. The number of thioether (sulfide) groups is 1. The Balaban J connectivity index is 0.00000177. The van der Waals surface area contributed by atoms with Crippen molar-refractivity contribution >= 4 is 29.9 Å². The molecule has 0 spiro atoms. The highest BCUT2D eigenvalue weighted by Crippen LogP contribution is 2.32. The number of carbonyl (C=O) groups is 2. The van der Waals surface area contributed by atoms with E-state index >= 15 is 0 Å². The van der Waals surface area contributed by atoms with Crippen LogP contribution in [0.1, 0.15) is 29.8 Å². The number of benzene rings is 1. The highest BCUT2D eigenvalue weighted by molar-refractivity contribution is 7.99. The number of hydrogen-bond acceptors (Lipinski definition) is 9. The van der Waals surface area contributed by atoms with Gasteiger partial charge in [0.15, 0.2) is 16.7 Å². The number of methoxy groups -OCH3 is 2. The van der Waals surface area contributed by atoms with Gasteiger partial charge >= 0.3 is 6.18 Å². The first-order valence-electron chi connectivity index (χ1n) is 11.8. The molecule has 2 aromatic rings. The summed E-state index contributed by atoms with van der Waals surface area (Å²) in [7, 11) is 10.8. The fourth-order valence-corrected chi connectivity index (χ4v) is 3.82. The van der Waals surface area contributed by atoms with Crippen molar-refractivity contribution in [3.05, 3.63) is 59.6 Å². The summed E-state index contributed by atoms with van der Waals surface area (Å²) in [5.41, 5.74) is 0.0868. The van der Waals surface area contributed by atoms with Crippen molar-refractivity contribution in [2.75, 3.05) is 48.2 Å². The number of halogens is 3. The van der Waals surface area contributed by atoms with E-state index in [2.05, 4.69) is 9.97 Å². The molecule has 0 unspecified atom stereocenters. The number of ether oxygens (including phenoxy) is 2. The molecule has 1 aromatic carbocycles. The largest absolute Gasteiger partial charge is 0.493 e. The van der Waals surface area contributed by atoms with Crippen LogP contribution in [0.15, 0.2) is 47.8 Å². The Morgan fingerprint density at radius 1 is 1.03 bits per heavy atom. The molecule has 0 aliphatic carbocycles. The predicted octanol–water partition coefficient (Wildman–Crippen LogP) is 4.99. The van der Waals surface area contributed by atoms with E-state index in [1.807, 2.05) is 32.1 Å². The van der Waals surface area contributed by atoms with Crippen LogP contribution in [-0.2, 0) is 22.3 Å². The number of hydrogen-bond donors (Lipinski definition) is 0. The van der Waals surface area contributed by atoms with Crippen molar-refractivity contribution in [1.29, 1.82) is 0 Å². The van der Waals surface area contributed by atoms with Crippen LogP contribution in [0, 0.1) is 0 Å². The maximum Gasteiger partial charge on any atom is 0.433 e. The molecule has 0 aliphatic heterocycles. The molecule has 0 N–H and O–H groups in total. The van der Waals surface area contributed by atoms with Gasteiger partial charge in [0, 0.05) is 37.5 Å². The second-order valence-electron chi connectivity index (χ2n) is 8.60. The average Bonchev–Trinajstić information content (AvgIpc) is 2.88. The molecule has 0 atom stereocenters. The van der Waals surface area contributed by atoms with E-state index in [4.69, 9.17) is 9.47 Å². The van der Waals surface area contributed by atoms with Gasteiger partial charge in [-0.05, 0) is 63.5 Å². The van der Waals surface area contributed by atoms with Gasteiger partial charge in [0.2, 0.25) is 0 Å². The molecule has 214 valence electrons. The number of unbranched alkanes of at least 4 members (excludes halogenated alkanes) is 1. The number of carbonyl (C=O) groups excluding carboxylic acids is 2. The molecule has 0 saturated carbocycles. The van der Waals surface area contributed by atoms with Crippen molar-refractivity contribution in [2.45, 2.75) is 30.7 Å². The van der Waals surface area contributed by atoms with Crippen molar-refractivity contribution in [3.63, 3.8) is 0 Å². The maximum absolute atomic E-state index is 13.5. The van der Waals surface area contributed by atoms with Crippen LogP contribution in [0.3, 0.4) is 0 Å². The highest BCUT2D eigenvalue weighted by atomic mass is 32.2. The molecule has 0 bridgehead atoms. The van der Waals surface area contributed by atoms with E-state index in [1.165, 1.54) is 26.4 Å². The first-order chi connectivity index (χ1) is 18.4. The molecule has 0 fully saturated rings. The second kappa shape index (κ2) is 17.3. The van der Waals surface area contributed by atoms with Gasteiger partial charge < -0.3 is 24.1 Å². The Morgan fingerprint density at radius 3 is 2.26 bits per heavy atom. The van der Waals surface area contributed by atoms with Crippen LogP contribution < -0.4 is 9.47 Å². The summed E-state index contributed by atoms with van der Waals surface area (Å²) < 4.78 is 51.1. The third kappa shape index (κ3) is 12.8. The van der Waals surface area contributed by atoms with Crippen LogP contribution in [0.5, 0.6) is 11.5 Å². The number of alkyl halides is 3. The summed E-state index contributed by atoms with van der Waals surface area (Å²) in [5.74, 6) is 1.51. The maximum atomic E-state index is 13.5. The van der Waals surface area contributed by atoms with Crippen LogP contribution in [0.2, 0.25) is 0 Å². The summed E-state index contributed by atoms with van der Waals surface area (Å²) in [6.07, 6.45) is 1.56. The summed E-state index contributed by atoms with van der Waals surface area (Å²) in [6.45, 7) is 0.392. The Bertz CT molecular complexity index is 1120. The van der Waals surface area contributed by atoms with Gasteiger partial charge in [0.1, 0.15) is 18.3 Å². The molecular formula is C27H35F3N4O4S. The molecule has 39 heavy (non-hydrogen) atoms. The average molecular weight is 569 g/mol. The summed E-state index contributed by atoms with van der Waals surface area (Å²) in [5, 5.41) is -0.0614. The van der Waals surface area contributed by atoms with Crippen molar-refractivity contribution < 1.29 is 32.2 Å². The number of aldehydes is 2. The minimum absolute atomic E-state index is 0.0162. The molecule has 12 heteroatoms. The van der Waals surface area contributed by atoms with Crippen LogP contribution in [0.4, 0.5) is 13.2 Å². The Labute approximate surface area is 231 Å². The third-order valence-corrected chi connectivity index (χ3v) is 5.52. The second-order valence-corrected chi connectivity index (χ2v) is 9.66. The van der Waals surface area contributed by atoms with E-state index in [9.17, 15) is 22.8 Å². The minimum atomic E-state index is -4.68. The molecule has 2 rings (SSSR count). The van der Waals surface area contributed by atoms with Crippen molar-refractivity contribution in [3.8, 4) is 11.5 Å². The topological polar surface area (TPSA) is 84.9 Å². The first kappa shape index (κ1) is 33.6. The lowest BCUT2D eigenvalue weighted by molar-refractivity contribution is -0.141. The monoisotopic (exact) mass is 568 g/mol. The predicted molar refractivity (Wildman–Crippen MR) is 147 cm³/mol. The number of aromatic nitrogens is 2. The highest BCUT2D eigenvalue weighted by Gasteiger charge is 2.34. The molecule has 1 heterocycles. The SMILES string of the molecule is CN(C)C.COc1ccc(CN(C)/C=C(\C=C/C=O)c2cc(C(F)(F)F)nc(SCCCC=O)n2)cc1OC. The van der Waals surface area contributed by atoms with E-state index in [1.54, 1.807) is 30.3 Å². The van der Waals surface area contributed by atoms with Crippen molar-refractivity contribution in [1.82, 2.24) is 19.8 Å². The van der Waals surface area contributed by atoms with Crippen LogP contribution in [-0.4, -0.2) is 80.5 Å². The fraction of sp³-hybridized carbons (Fsp3) is 0.407. The van der Waals surface area contributed by atoms with Gasteiger partial charge in [-0.1, -0.05) is 17.8 Å². The van der Waals surface area contributed by atoms with Gasteiger partial charge in [-0.3, -0.25) is 4.79 Å².